The molecule has 2 nitrogen and oxygen atoms in total. The maximum atomic E-state index is 9.09. The maximum Gasteiger partial charge on any atom is 0.0460 e. The third-order valence-electron chi connectivity index (χ3n) is 3.60. The van der Waals surface area contributed by atoms with Gasteiger partial charge in [-0.3, -0.25) is 0 Å². The van der Waals surface area contributed by atoms with E-state index in [0.717, 1.165) is 43.4 Å². The second-order valence-corrected chi connectivity index (χ2v) is 5.76. The van der Waals surface area contributed by atoms with Crippen LogP contribution in [0.1, 0.15) is 18.4 Å². The summed E-state index contributed by atoms with van der Waals surface area (Å²) in [6, 6.07) is 8.58. The fourth-order valence-corrected chi connectivity index (χ4v) is 2.60. The second kappa shape index (κ2) is 6.53. The van der Waals surface area contributed by atoms with Crippen LogP contribution in [0.5, 0.6) is 0 Å². The standard InChI is InChI=1S/C14H20BrNO/c15-14-3-1-12(2-4-14)5-8-16-9-6-13(11-17)7-10-16/h1-4,13,17H,5-11H2. The Morgan fingerprint density at radius 3 is 2.41 bits per heavy atom. The van der Waals surface area contributed by atoms with E-state index in [1.165, 1.54) is 5.56 Å². The number of likely N-dealkylation sites (tertiary alicyclic amines) is 1. The Labute approximate surface area is 112 Å². The number of aliphatic hydroxyl groups excluding tert-OH is 1. The van der Waals surface area contributed by atoms with Gasteiger partial charge < -0.3 is 10.0 Å². The number of hydrogen-bond acceptors (Lipinski definition) is 2. The molecule has 1 N–H and O–H groups in total. The van der Waals surface area contributed by atoms with E-state index >= 15 is 0 Å². The van der Waals surface area contributed by atoms with Crippen molar-refractivity contribution >= 4 is 15.9 Å². The fraction of sp³-hybridized carbons (Fsp3) is 0.571. The first-order valence-electron chi connectivity index (χ1n) is 6.35. The van der Waals surface area contributed by atoms with E-state index < -0.39 is 0 Å². The molecule has 17 heavy (non-hydrogen) atoms. The van der Waals surface area contributed by atoms with E-state index in [4.69, 9.17) is 5.11 Å². The monoisotopic (exact) mass is 297 g/mol. The summed E-state index contributed by atoms with van der Waals surface area (Å²) < 4.78 is 1.14. The summed E-state index contributed by atoms with van der Waals surface area (Å²) in [6.45, 7) is 3.78. The lowest BCUT2D eigenvalue weighted by atomic mass is 9.97. The van der Waals surface area contributed by atoms with Crippen LogP contribution < -0.4 is 0 Å². The predicted octanol–water partition coefficient (Wildman–Crippen LogP) is 2.70. The van der Waals surface area contributed by atoms with Crippen LogP contribution in [-0.4, -0.2) is 36.2 Å². The van der Waals surface area contributed by atoms with E-state index in [1.807, 2.05) is 0 Å². The van der Waals surface area contributed by atoms with Crippen LogP contribution in [0.15, 0.2) is 28.7 Å². The smallest absolute Gasteiger partial charge is 0.0460 e. The van der Waals surface area contributed by atoms with Crippen molar-refractivity contribution in [1.82, 2.24) is 4.90 Å². The Morgan fingerprint density at radius 1 is 1.18 bits per heavy atom. The first-order valence-corrected chi connectivity index (χ1v) is 7.15. The van der Waals surface area contributed by atoms with Crippen LogP contribution in [0.3, 0.4) is 0 Å². The molecule has 1 aliphatic heterocycles. The van der Waals surface area contributed by atoms with Crippen LogP contribution in [0.25, 0.3) is 0 Å². The van der Waals surface area contributed by atoms with Crippen LogP contribution in [0, 0.1) is 5.92 Å². The molecule has 1 aromatic rings. The Balaban J connectivity index is 1.74. The van der Waals surface area contributed by atoms with E-state index in [9.17, 15) is 0 Å². The first-order chi connectivity index (χ1) is 8.28. The highest BCUT2D eigenvalue weighted by atomic mass is 79.9. The van der Waals surface area contributed by atoms with E-state index in [0.29, 0.717) is 12.5 Å². The summed E-state index contributed by atoms with van der Waals surface area (Å²) in [6.07, 6.45) is 3.42. The van der Waals surface area contributed by atoms with Crippen molar-refractivity contribution in [2.75, 3.05) is 26.2 Å². The SMILES string of the molecule is OCC1CCN(CCc2ccc(Br)cc2)CC1. The topological polar surface area (TPSA) is 23.5 Å². The molecule has 0 aromatic heterocycles. The molecule has 0 radical (unpaired) electrons. The molecule has 0 saturated carbocycles. The Hall–Kier alpha value is -0.380. The van der Waals surface area contributed by atoms with Crippen molar-refractivity contribution in [3.05, 3.63) is 34.3 Å². The van der Waals surface area contributed by atoms with Gasteiger partial charge in [0.15, 0.2) is 0 Å². The largest absolute Gasteiger partial charge is 0.396 e. The average molecular weight is 298 g/mol. The number of piperidine rings is 1. The van der Waals surface area contributed by atoms with Crippen molar-refractivity contribution in [1.29, 1.82) is 0 Å². The van der Waals surface area contributed by atoms with Gasteiger partial charge in [-0.2, -0.15) is 0 Å². The van der Waals surface area contributed by atoms with Gasteiger partial charge in [0.1, 0.15) is 0 Å². The fourth-order valence-electron chi connectivity index (χ4n) is 2.33. The quantitative estimate of drug-likeness (QED) is 0.924. The summed E-state index contributed by atoms with van der Waals surface area (Å²) in [5.74, 6) is 0.541. The zero-order valence-corrected chi connectivity index (χ0v) is 11.7. The number of benzene rings is 1. The van der Waals surface area contributed by atoms with Crippen molar-refractivity contribution < 1.29 is 5.11 Å². The van der Waals surface area contributed by atoms with Crippen molar-refractivity contribution in [2.24, 2.45) is 5.92 Å². The molecule has 2 rings (SSSR count). The lowest BCUT2D eigenvalue weighted by molar-refractivity contribution is 0.132. The minimum Gasteiger partial charge on any atom is -0.396 e. The maximum absolute atomic E-state index is 9.09. The van der Waals surface area contributed by atoms with Gasteiger partial charge in [0, 0.05) is 17.6 Å². The third kappa shape index (κ3) is 4.09. The molecule has 0 bridgehead atoms. The zero-order chi connectivity index (χ0) is 12.1. The first kappa shape index (κ1) is 13.1. The number of nitrogens with zero attached hydrogens (tertiary/aromatic N) is 1. The van der Waals surface area contributed by atoms with Crippen LogP contribution in [-0.2, 0) is 6.42 Å². The van der Waals surface area contributed by atoms with E-state index in [-0.39, 0.29) is 0 Å². The van der Waals surface area contributed by atoms with Crippen LogP contribution >= 0.6 is 15.9 Å². The predicted molar refractivity (Wildman–Crippen MR) is 74.1 cm³/mol. The van der Waals surface area contributed by atoms with E-state index in [1.54, 1.807) is 0 Å². The molecule has 0 spiro atoms. The van der Waals surface area contributed by atoms with Gasteiger partial charge in [0.25, 0.3) is 0 Å². The number of rotatable bonds is 4. The molecule has 0 amide bonds. The molecule has 1 aromatic carbocycles. The highest BCUT2D eigenvalue weighted by Crippen LogP contribution is 2.17. The van der Waals surface area contributed by atoms with Gasteiger partial charge >= 0.3 is 0 Å². The molecular formula is C14H20BrNO. The minimum atomic E-state index is 0.362. The molecule has 94 valence electrons. The molecule has 0 atom stereocenters. The van der Waals surface area contributed by atoms with Crippen molar-refractivity contribution in [2.45, 2.75) is 19.3 Å². The van der Waals surface area contributed by atoms with E-state index in [2.05, 4.69) is 45.1 Å². The lowest BCUT2D eigenvalue weighted by Gasteiger charge is -2.30. The highest BCUT2D eigenvalue weighted by Gasteiger charge is 2.17. The number of halogens is 1. The molecule has 1 saturated heterocycles. The van der Waals surface area contributed by atoms with Gasteiger partial charge in [-0.15, -0.1) is 0 Å². The van der Waals surface area contributed by atoms with Gasteiger partial charge in [0.2, 0.25) is 0 Å². The third-order valence-corrected chi connectivity index (χ3v) is 4.12. The van der Waals surface area contributed by atoms with Crippen LogP contribution in [0.2, 0.25) is 0 Å². The molecule has 1 heterocycles. The Morgan fingerprint density at radius 2 is 1.82 bits per heavy atom. The van der Waals surface area contributed by atoms with Gasteiger partial charge in [0.05, 0.1) is 0 Å². The molecule has 1 aliphatic rings. The lowest BCUT2D eigenvalue weighted by Crippen LogP contribution is -2.36. The summed E-state index contributed by atoms with van der Waals surface area (Å²) in [4.78, 5) is 2.51. The van der Waals surface area contributed by atoms with Crippen LogP contribution in [0.4, 0.5) is 0 Å². The zero-order valence-electron chi connectivity index (χ0n) is 10.1. The second-order valence-electron chi connectivity index (χ2n) is 4.84. The number of hydrogen-bond donors (Lipinski definition) is 1. The molecule has 1 fully saturated rings. The van der Waals surface area contributed by atoms with Crippen molar-refractivity contribution in [3.8, 4) is 0 Å². The summed E-state index contributed by atoms with van der Waals surface area (Å²) in [5.41, 5.74) is 1.40. The normalized spacial score (nSPS) is 18.5. The summed E-state index contributed by atoms with van der Waals surface area (Å²) in [7, 11) is 0. The highest BCUT2D eigenvalue weighted by molar-refractivity contribution is 9.10. The number of aliphatic hydroxyl groups is 1. The molecular weight excluding hydrogens is 278 g/mol. The van der Waals surface area contributed by atoms with Gasteiger partial charge in [-0.05, 0) is 56.0 Å². The Bertz CT molecular complexity index is 331. The molecule has 0 unspecified atom stereocenters. The van der Waals surface area contributed by atoms with Crippen molar-refractivity contribution in [3.63, 3.8) is 0 Å². The Kier molecular flexibility index (Phi) is 5.01. The molecule has 3 heteroatoms. The summed E-state index contributed by atoms with van der Waals surface area (Å²) in [5, 5.41) is 9.09. The van der Waals surface area contributed by atoms with Gasteiger partial charge in [-0.1, -0.05) is 28.1 Å². The summed E-state index contributed by atoms with van der Waals surface area (Å²) >= 11 is 3.45. The average Bonchev–Trinajstić information content (AvgIpc) is 2.39. The van der Waals surface area contributed by atoms with Gasteiger partial charge in [-0.25, -0.2) is 0 Å². The molecule has 0 aliphatic carbocycles. The minimum absolute atomic E-state index is 0.362.